The molecule has 0 radical (unpaired) electrons. The molecule has 0 N–H and O–H groups in total. The fraction of sp³-hybridized carbons (Fsp3) is 0.286. The molecular weight excluding hydrogens is 384 g/mol. The van der Waals surface area contributed by atoms with E-state index in [2.05, 4.69) is 0 Å². The minimum absolute atomic E-state index is 0.0274. The Hall–Kier alpha value is -2.86. The average Bonchev–Trinajstić information content (AvgIpc) is 2.71. The topological polar surface area (TPSA) is 78.9 Å². The summed E-state index contributed by atoms with van der Waals surface area (Å²) in [6.45, 7) is 2.40. The molecule has 1 atom stereocenters. The summed E-state index contributed by atoms with van der Waals surface area (Å²) in [7, 11) is 0. The number of hydrogen-bond donors (Lipinski definition) is 0. The normalized spacial score (nSPS) is 13.5. The minimum atomic E-state index is -0.946. The molecule has 1 aliphatic rings. The fourth-order valence-electron chi connectivity index (χ4n) is 2.74. The summed E-state index contributed by atoms with van der Waals surface area (Å²) in [5.41, 5.74) is 0.833. The predicted molar refractivity (Wildman–Crippen MR) is 102 cm³/mol. The van der Waals surface area contributed by atoms with E-state index in [4.69, 9.17) is 25.8 Å². The summed E-state index contributed by atoms with van der Waals surface area (Å²) in [6.07, 6.45) is -1.09. The maximum Gasteiger partial charge on any atom is 0.306 e. The molecule has 0 aliphatic carbocycles. The van der Waals surface area contributed by atoms with Crippen LogP contribution in [-0.4, -0.2) is 36.9 Å². The first-order chi connectivity index (χ1) is 13.4. The van der Waals surface area contributed by atoms with Crippen LogP contribution in [0.3, 0.4) is 0 Å². The van der Waals surface area contributed by atoms with Gasteiger partial charge in [0.05, 0.1) is 6.42 Å². The van der Waals surface area contributed by atoms with Crippen molar-refractivity contribution in [3.8, 4) is 11.5 Å². The highest BCUT2D eigenvalue weighted by molar-refractivity contribution is 6.30. The Kier molecular flexibility index (Phi) is 6.31. The second kappa shape index (κ2) is 8.89. The molecule has 0 spiro atoms. The van der Waals surface area contributed by atoms with E-state index < -0.39 is 12.1 Å². The smallest absolute Gasteiger partial charge is 0.306 e. The van der Waals surface area contributed by atoms with E-state index in [1.807, 2.05) is 0 Å². The van der Waals surface area contributed by atoms with E-state index in [1.54, 1.807) is 42.5 Å². The zero-order valence-corrected chi connectivity index (χ0v) is 16.0. The van der Waals surface area contributed by atoms with E-state index in [1.165, 1.54) is 6.92 Å². The quantitative estimate of drug-likeness (QED) is 0.516. The Morgan fingerprint density at radius 1 is 0.964 bits per heavy atom. The lowest BCUT2D eigenvalue weighted by molar-refractivity contribution is -0.146. The maximum absolute atomic E-state index is 12.3. The van der Waals surface area contributed by atoms with Crippen LogP contribution in [-0.2, 0) is 9.53 Å². The third kappa shape index (κ3) is 4.89. The Morgan fingerprint density at radius 3 is 2.32 bits per heavy atom. The first-order valence-electron chi connectivity index (χ1n) is 8.86. The van der Waals surface area contributed by atoms with Gasteiger partial charge >= 0.3 is 5.97 Å². The zero-order valence-electron chi connectivity index (χ0n) is 15.3. The summed E-state index contributed by atoms with van der Waals surface area (Å²) in [6, 6.07) is 11.2. The number of Topliss-reactive ketones (excluding diaryl/α,β-unsaturated/α-hetero) is 2. The predicted octanol–water partition coefficient (Wildman–Crippen LogP) is 3.89. The van der Waals surface area contributed by atoms with Gasteiger partial charge in [-0.15, -0.1) is 0 Å². The summed E-state index contributed by atoms with van der Waals surface area (Å²) >= 11 is 5.80. The SMILES string of the molecule is CC(OC(=O)CCC(=O)c1ccc2c(c1)OCCO2)C(=O)c1ccc(Cl)cc1. The van der Waals surface area contributed by atoms with Crippen LogP contribution in [0.2, 0.25) is 5.02 Å². The average molecular weight is 403 g/mol. The fourth-order valence-corrected chi connectivity index (χ4v) is 2.86. The van der Waals surface area contributed by atoms with Gasteiger partial charge < -0.3 is 14.2 Å². The summed E-state index contributed by atoms with van der Waals surface area (Å²) in [5, 5.41) is 0.513. The molecule has 0 bridgehead atoms. The molecule has 3 rings (SSSR count). The maximum atomic E-state index is 12.3. The van der Waals surface area contributed by atoms with E-state index in [0.29, 0.717) is 40.9 Å². The number of esters is 1. The van der Waals surface area contributed by atoms with Crippen molar-refractivity contribution in [1.82, 2.24) is 0 Å². The molecule has 1 aliphatic heterocycles. The van der Waals surface area contributed by atoms with Gasteiger partial charge in [-0.2, -0.15) is 0 Å². The van der Waals surface area contributed by atoms with E-state index in [9.17, 15) is 14.4 Å². The van der Waals surface area contributed by atoms with Crippen LogP contribution in [0, 0.1) is 0 Å². The highest BCUT2D eigenvalue weighted by Crippen LogP contribution is 2.31. The third-order valence-corrected chi connectivity index (χ3v) is 4.48. The van der Waals surface area contributed by atoms with Gasteiger partial charge in [0.15, 0.2) is 23.4 Å². The van der Waals surface area contributed by atoms with Gasteiger partial charge in [0.2, 0.25) is 5.78 Å². The van der Waals surface area contributed by atoms with Crippen LogP contribution in [0.5, 0.6) is 11.5 Å². The Labute approximate surface area is 167 Å². The van der Waals surface area contributed by atoms with Crippen molar-refractivity contribution in [1.29, 1.82) is 0 Å². The van der Waals surface area contributed by atoms with Gasteiger partial charge in [0.25, 0.3) is 0 Å². The molecule has 0 amide bonds. The largest absolute Gasteiger partial charge is 0.486 e. The molecular formula is C21H19ClO6. The van der Waals surface area contributed by atoms with E-state index >= 15 is 0 Å². The Bertz CT molecular complexity index is 890. The Morgan fingerprint density at radius 2 is 1.61 bits per heavy atom. The number of ketones is 2. The van der Waals surface area contributed by atoms with Crippen LogP contribution in [0.25, 0.3) is 0 Å². The molecule has 2 aromatic rings. The highest BCUT2D eigenvalue weighted by atomic mass is 35.5. The van der Waals surface area contributed by atoms with Crippen molar-refractivity contribution >= 4 is 29.1 Å². The van der Waals surface area contributed by atoms with Crippen LogP contribution < -0.4 is 9.47 Å². The number of halogens is 1. The first kappa shape index (κ1) is 19.9. The molecule has 0 saturated carbocycles. The summed E-state index contributed by atoms with van der Waals surface area (Å²) < 4.78 is 16.0. The molecule has 7 heteroatoms. The number of benzene rings is 2. The van der Waals surface area contributed by atoms with Gasteiger partial charge in [-0.25, -0.2) is 0 Å². The molecule has 28 heavy (non-hydrogen) atoms. The van der Waals surface area contributed by atoms with E-state index in [0.717, 1.165) is 0 Å². The molecule has 2 aromatic carbocycles. The number of hydrogen-bond acceptors (Lipinski definition) is 6. The lowest BCUT2D eigenvalue weighted by Gasteiger charge is -2.18. The van der Waals surface area contributed by atoms with Crippen molar-refractivity contribution < 1.29 is 28.6 Å². The molecule has 0 fully saturated rings. The van der Waals surface area contributed by atoms with Crippen LogP contribution in [0.1, 0.15) is 40.5 Å². The molecule has 1 heterocycles. The van der Waals surface area contributed by atoms with Crippen molar-refractivity contribution in [3.63, 3.8) is 0 Å². The molecule has 0 aromatic heterocycles. The number of carbonyl (C=O) groups excluding carboxylic acids is 3. The van der Waals surface area contributed by atoms with Gasteiger partial charge in [0, 0.05) is 22.6 Å². The van der Waals surface area contributed by atoms with Gasteiger partial charge in [0.1, 0.15) is 13.2 Å². The van der Waals surface area contributed by atoms with Crippen molar-refractivity contribution in [3.05, 3.63) is 58.6 Å². The molecule has 6 nitrogen and oxygen atoms in total. The molecule has 0 saturated heterocycles. The lowest BCUT2D eigenvalue weighted by atomic mass is 10.1. The Balaban J connectivity index is 1.51. The van der Waals surface area contributed by atoms with Crippen molar-refractivity contribution in [2.24, 2.45) is 0 Å². The summed E-state index contributed by atoms with van der Waals surface area (Å²) in [4.78, 5) is 36.6. The minimum Gasteiger partial charge on any atom is -0.486 e. The van der Waals surface area contributed by atoms with Crippen LogP contribution in [0.4, 0.5) is 0 Å². The van der Waals surface area contributed by atoms with Crippen molar-refractivity contribution in [2.75, 3.05) is 13.2 Å². The second-order valence-electron chi connectivity index (χ2n) is 6.28. The first-order valence-corrected chi connectivity index (χ1v) is 9.24. The van der Waals surface area contributed by atoms with Gasteiger partial charge in [-0.3, -0.25) is 14.4 Å². The van der Waals surface area contributed by atoms with Crippen LogP contribution in [0.15, 0.2) is 42.5 Å². The third-order valence-electron chi connectivity index (χ3n) is 4.23. The van der Waals surface area contributed by atoms with Gasteiger partial charge in [-0.05, 0) is 49.4 Å². The van der Waals surface area contributed by atoms with Gasteiger partial charge in [-0.1, -0.05) is 11.6 Å². The molecule has 146 valence electrons. The second-order valence-corrected chi connectivity index (χ2v) is 6.72. The van der Waals surface area contributed by atoms with E-state index in [-0.39, 0.29) is 24.4 Å². The number of fused-ring (bicyclic) bond motifs is 1. The number of rotatable bonds is 7. The van der Waals surface area contributed by atoms with Crippen LogP contribution >= 0.6 is 11.6 Å². The number of carbonyl (C=O) groups is 3. The zero-order chi connectivity index (χ0) is 20.1. The highest BCUT2D eigenvalue weighted by Gasteiger charge is 2.21. The standard InChI is InChI=1S/C21H19ClO6/c1-13(21(25)14-2-5-16(22)6-3-14)28-20(24)9-7-17(23)15-4-8-18-19(12-15)27-11-10-26-18/h2-6,8,12-13H,7,9-11H2,1H3. The summed E-state index contributed by atoms with van der Waals surface area (Å²) in [5.74, 6) is -0.0481. The monoisotopic (exact) mass is 402 g/mol. The lowest BCUT2D eigenvalue weighted by Crippen LogP contribution is -2.24. The number of ether oxygens (including phenoxy) is 3. The molecule has 1 unspecified atom stereocenters. The van der Waals surface area contributed by atoms with Crippen molar-refractivity contribution in [2.45, 2.75) is 25.9 Å².